The molecule has 1 fully saturated rings. The summed E-state index contributed by atoms with van der Waals surface area (Å²) in [5.41, 5.74) is 2.98. The predicted molar refractivity (Wildman–Crippen MR) is 95.3 cm³/mol. The number of benzene rings is 2. The number of carbonyl (C=O) groups excluding carboxylic acids is 2. The van der Waals surface area contributed by atoms with Gasteiger partial charge in [0.25, 0.3) is 11.1 Å². The highest BCUT2D eigenvalue weighted by molar-refractivity contribution is 8.19. The lowest BCUT2D eigenvalue weighted by Gasteiger charge is -2.16. The molecule has 1 aliphatic heterocycles. The number of amides is 2. The van der Waals surface area contributed by atoms with Gasteiger partial charge in [-0.25, -0.2) is 9.29 Å². The van der Waals surface area contributed by atoms with E-state index in [-0.39, 0.29) is 17.0 Å². The zero-order valence-corrected chi connectivity index (χ0v) is 14.2. The monoisotopic (exact) mass is 341 g/mol. The lowest BCUT2D eigenvalue weighted by molar-refractivity contribution is -0.113. The van der Waals surface area contributed by atoms with E-state index >= 15 is 0 Å². The molecule has 1 aliphatic rings. The van der Waals surface area contributed by atoms with Gasteiger partial charge in [-0.15, -0.1) is 0 Å². The molecular formula is C19H16FNO2S. The Labute approximate surface area is 144 Å². The highest BCUT2D eigenvalue weighted by atomic mass is 32.2. The number of carbonyl (C=O) groups is 2. The van der Waals surface area contributed by atoms with Gasteiger partial charge in [-0.1, -0.05) is 37.3 Å². The van der Waals surface area contributed by atoms with E-state index in [1.54, 1.807) is 25.1 Å². The summed E-state index contributed by atoms with van der Waals surface area (Å²) in [5, 5.41) is -0.308. The number of halogens is 1. The van der Waals surface area contributed by atoms with Gasteiger partial charge in [0.15, 0.2) is 0 Å². The third-order valence-corrected chi connectivity index (χ3v) is 5.04. The number of thioether (sulfide) groups is 1. The van der Waals surface area contributed by atoms with Crippen LogP contribution in [0.5, 0.6) is 0 Å². The summed E-state index contributed by atoms with van der Waals surface area (Å²) in [7, 11) is 0. The minimum Gasteiger partial charge on any atom is -0.268 e. The van der Waals surface area contributed by atoms with Gasteiger partial charge in [0.05, 0.1) is 10.6 Å². The normalized spacial score (nSPS) is 16.7. The number of nitrogens with zero attached hydrogens (tertiary/aromatic N) is 1. The Balaban J connectivity index is 2.03. The maximum absolute atomic E-state index is 13.1. The van der Waals surface area contributed by atoms with Crippen molar-refractivity contribution in [2.45, 2.75) is 20.3 Å². The fourth-order valence-corrected chi connectivity index (χ4v) is 3.56. The quantitative estimate of drug-likeness (QED) is 0.736. The van der Waals surface area contributed by atoms with Crippen molar-refractivity contribution >= 4 is 34.2 Å². The Hall–Kier alpha value is -2.40. The van der Waals surface area contributed by atoms with E-state index in [1.165, 1.54) is 17.0 Å². The van der Waals surface area contributed by atoms with Crippen LogP contribution in [0.25, 0.3) is 5.57 Å². The highest BCUT2D eigenvalue weighted by Gasteiger charge is 2.38. The largest absolute Gasteiger partial charge is 0.298 e. The molecule has 3 rings (SSSR count). The van der Waals surface area contributed by atoms with Crippen molar-refractivity contribution in [3.05, 3.63) is 70.4 Å². The van der Waals surface area contributed by atoms with Crippen molar-refractivity contribution in [2.24, 2.45) is 0 Å². The molecule has 5 heteroatoms. The molecule has 0 atom stereocenters. The van der Waals surface area contributed by atoms with Crippen molar-refractivity contribution in [3.8, 4) is 0 Å². The van der Waals surface area contributed by atoms with E-state index in [2.05, 4.69) is 0 Å². The number of para-hydroxylation sites is 1. The van der Waals surface area contributed by atoms with Gasteiger partial charge in [0.2, 0.25) is 0 Å². The highest BCUT2D eigenvalue weighted by Crippen LogP contribution is 2.39. The van der Waals surface area contributed by atoms with Gasteiger partial charge in [0, 0.05) is 0 Å². The van der Waals surface area contributed by atoms with Crippen LogP contribution in [-0.2, 0) is 11.2 Å². The Kier molecular flexibility index (Phi) is 4.53. The first kappa shape index (κ1) is 16.5. The maximum atomic E-state index is 13.1. The minimum atomic E-state index is -0.337. The molecule has 1 saturated heterocycles. The summed E-state index contributed by atoms with van der Waals surface area (Å²) in [4.78, 5) is 26.9. The van der Waals surface area contributed by atoms with E-state index in [9.17, 15) is 14.0 Å². The molecule has 2 amide bonds. The van der Waals surface area contributed by atoms with Crippen LogP contribution in [0.15, 0.2) is 53.4 Å². The number of hydrogen-bond donors (Lipinski definition) is 0. The fourth-order valence-electron chi connectivity index (χ4n) is 2.66. The number of allylic oxidation sites excluding steroid dienone is 1. The average Bonchev–Trinajstić information content (AvgIpc) is 2.89. The molecule has 0 N–H and O–H groups in total. The maximum Gasteiger partial charge on any atom is 0.298 e. The van der Waals surface area contributed by atoms with Gasteiger partial charge in [0.1, 0.15) is 5.82 Å². The second-order valence-corrected chi connectivity index (χ2v) is 6.41. The van der Waals surface area contributed by atoms with Crippen LogP contribution in [0, 0.1) is 5.82 Å². The number of imide groups is 1. The van der Waals surface area contributed by atoms with Gasteiger partial charge in [-0.05, 0) is 60.0 Å². The standard InChI is InChI=1S/C19H16FNO2S/c1-3-13-6-4-5-7-16(13)21-18(22)17(24-19(21)23)12(2)14-8-10-15(20)11-9-14/h4-11H,3H2,1-2H3/b17-12-. The van der Waals surface area contributed by atoms with Gasteiger partial charge < -0.3 is 0 Å². The molecule has 0 aromatic heterocycles. The van der Waals surface area contributed by atoms with Crippen molar-refractivity contribution in [1.29, 1.82) is 0 Å². The number of rotatable bonds is 3. The molecule has 3 nitrogen and oxygen atoms in total. The molecule has 0 spiro atoms. The molecule has 1 heterocycles. The summed E-state index contributed by atoms with van der Waals surface area (Å²) in [5.74, 6) is -0.663. The van der Waals surface area contributed by atoms with Crippen LogP contribution in [0.2, 0.25) is 0 Å². The molecule has 24 heavy (non-hydrogen) atoms. The number of anilines is 1. The summed E-state index contributed by atoms with van der Waals surface area (Å²) in [6.45, 7) is 3.76. The van der Waals surface area contributed by atoms with E-state index < -0.39 is 0 Å². The third kappa shape index (κ3) is 2.87. The Morgan fingerprint density at radius 2 is 1.75 bits per heavy atom. The molecule has 0 bridgehead atoms. The molecule has 0 aliphatic carbocycles. The van der Waals surface area contributed by atoms with Crippen LogP contribution >= 0.6 is 11.8 Å². The Morgan fingerprint density at radius 3 is 2.42 bits per heavy atom. The molecule has 122 valence electrons. The lowest BCUT2D eigenvalue weighted by atomic mass is 10.1. The summed E-state index contributed by atoms with van der Waals surface area (Å²) < 4.78 is 13.1. The van der Waals surface area contributed by atoms with Crippen LogP contribution in [0.4, 0.5) is 14.9 Å². The topological polar surface area (TPSA) is 37.4 Å². The SMILES string of the molecule is CCc1ccccc1N1C(=O)S/C(=C(/C)c2ccc(F)cc2)C1=O. The van der Waals surface area contributed by atoms with Crippen molar-refractivity contribution in [1.82, 2.24) is 0 Å². The zero-order chi connectivity index (χ0) is 17.3. The van der Waals surface area contributed by atoms with Crippen LogP contribution in [0.3, 0.4) is 0 Å². The van der Waals surface area contributed by atoms with Crippen molar-refractivity contribution < 1.29 is 14.0 Å². The summed E-state index contributed by atoms with van der Waals surface area (Å²) in [6.07, 6.45) is 0.730. The van der Waals surface area contributed by atoms with E-state index in [1.807, 2.05) is 25.1 Å². The molecule has 0 saturated carbocycles. The predicted octanol–water partition coefficient (Wildman–Crippen LogP) is 5.02. The molecule has 2 aromatic carbocycles. The first-order chi connectivity index (χ1) is 11.5. The first-order valence-electron chi connectivity index (χ1n) is 7.64. The summed E-state index contributed by atoms with van der Waals surface area (Å²) >= 11 is 0.926. The van der Waals surface area contributed by atoms with Crippen LogP contribution in [0.1, 0.15) is 25.0 Å². The Morgan fingerprint density at radius 1 is 1.08 bits per heavy atom. The van der Waals surface area contributed by atoms with Crippen LogP contribution in [-0.4, -0.2) is 11.1 Å². The number of aryl methyl sites for hydroxylation is 1. The first-order valence-corrected chi connectivity index (χ1v) is 8.45. The van der Waals surface area contributed by atoms with Crippen LogP contribution < -0.4 is 4.90 Å². The van der Waals surface area contributed by atoms with Crippen molar-refractivity contribution in [2.75, 3.05) is 4.90 Å². The van der Waals surface area contributed by atoms with Gasteiger partial charge in [-0.3, -0.25) is 9.59 Å². The van der Waals surface area contributed by atoms with Gasteiger partial charge >= 0.3 is 0 Å². The van der Waals surface area contributed by atoms with Crippen molar-refractivity contribution in [3.63, 3.8) is 0 Å². The third-order valence-electron chi connectivity index (χ3n) is 4.00. The zero-order valence-electron chi connectivity index (χ0n) is 13.4. The Bertz CT molecular complexity index is 843. The smallest absolute Gasteiger partial charge is 0.268 e. The van der Waals surface area contributed by atoms with E-state index in [0.717, 1.165) is 29.3 Å². The van der Waals surface area contributed by atoms with E-state index in [4.69, 9.17) is 0 Å². The molecular weight excluding hydrogens is 325 g/mol. The average molecular weight is 341 g/mol. The number of hydrogen-bond acceptors (Lipinski definition) is 3. The lowest BCUT2D eigenvalue weighted by Crippen LogP contribution is -2.28. The molecule has 0 unspecified atom stereocenters. The van der Waals surface area contributed by atoms with E-state index in [0.29, 0.717) is 16.2 Å². The second kappa shape index (κ2) is 6.61. The second-order valence-electron chi connectivity index (χ2n) is 5.45. The fraction of sp³-hybridized carbons (Fsp3) is 0.158. The molecule has 2 aromatic rings. The minimum absolute atomic E-state index is 0.308. The molecule has 0 radical (unpaired) electrons. The summed E-state index contributed by atoms with van der Waals surface area (Å²) in [6, 6.07) is 13.3. The van der Waals surface area contributed by atoms with Gasteiger partial charge in [-0.2, -0.15) is 0 Å².